The molecule has 2 aromatic rings. The number of benzene rings is 1. The highest BCUT2D eigenvalue weighted by Crippen LogP contribution is 2.26. The molecule has 0 aliphatic carbocycles. The third-order valence-electron chi connectivity index (χ3n) is 2.23. The van der Waals surface area contributed by atoms with E-state index in [0.29, 0.717) is 17.2 Å². The van der Waals surface area contributed by atoms with E-state index in [2.05, 4.69) is 5.16 Å². The molecule has 1 heterocycles. The second-order valence-corrected chi connectivity index (χ2v) is 4.08. The number of hydrogen-bond donors (Lipinski definition) is 1. The number of halogens is 1. The van der Waals surface area contributed by atoms with E-state index in [1.807, 2.05) is 0 Å². The molecule has 0 unspecified atom stereocenters. The zero-order valence-electron chi connectivity index (χ0n) is 9.51. The van der Waals surface area contributed by atoms with Crippen LogP contribution in [0.3, 0.4) is 0 Å². The van der Waals surface area contributed by atoms with Crippen molar-refractivity contribution in [2.45, 2.75) is 13.5 Å². The van der Waals surface area contributed by atoms with E-state index in [4.69, 9.17) is 26.0 Å². The number of aryl methyl sites for hydroxylation is 1. The Kier molecular flexibility index (Phi) is 3.53. The summed E-state index contributed by atoms with van der Waals surface area (Å²) in [6.45, 7) is 1.99. The summed E-state index contributed by atoms with van der Waals surface area (Å²) in [7, 11) is 0. The standard InChI is InChI=1S/C12H10ClNO4/c1-7-4-9(14-18-7)6-17-11-3-2-8(12(15)16)5-10(11)13/h2-5H,6H2,1H3,(H,15,16). The summed E-state index contributed by atoms with van der Waals surface area (Å²) >= 11 is 5.91. The molecule has 5 nitrogen and oxygen atoms in total. The average Bonchev–Trinajstić information content (AvgIpc) is 2.73. The fraction of sp³-hybridized carbons (Fsp3) is 0.167. The first-order valence-corrected chi connectivity index (χ1v) is 5.52. The topological polar surface area (TPSA) is 72.6 Å². The minimum Gasteiger partial charge on any atom is -0.486 e. The van der Waals surface area contributed by atoms with Crippen LogP contribution in [0.4, 0.5) is 0 Å². The fourth-order valence-electron chi connectivity index (χ4n) is 1.39. The molecule has 0 radical (unpaired) electrons. The van der Waals surface area contributed by atoms with Gasteiger partial charge in [0.15, 0.2) is 0 Å². The smallest absolute Gasteiger partial charge is 0.335 e. The molecule has 0 spiro atoms. The van der Waals surface area contributed by atoms with Crippen molar-refractivity contribution in [2.24, 2.45) is 0 Å². The molecule has 0 aliphatic rings. The van der Waals surface area contributed by atoms with Gasteiger partial charge in [-0.15, -0.1) is 0 Å². The molecular weight excluding hydrogens is 258 g/mol. The molecular formula is C12H10ClNO4. The summed E-state index contributed by atoms with van der Waals surface area (Å²) in [5.74, 6) is 0.0683. The van der Waals surface area contributed by atoms with E-state index < -0.39 is 5.97 Å². The molecule has 0 saturated carbocycles. The van der Waals surface area contributed by atoms with Crippen LogP contribution in [0.2, 0.25) is 5.02 Å². The summed E-state index contributed by atoms with van der Waals surface area (Å²) < 4.78 is 10.3. The number of rotatable bonds is 4. The van der Waals surface area contributed by atoms with E-state index >= 15 is 0 Å². The second-order valence-electron chi connectivity index (χ2n) is 3.67. The highest BCUT2D eigenvalue weighted by atomic mass is 35.5. The van der Waals surface area contributed by atoms with Gasteiger partial charge in [0, 0.05) is 6.07 Å². The third kappa shape index (κ3) is 2.81. The van der Waals surface area contributed by atoms with Crippen LogP contribution in [0.1, 0.15) is 21.8 Å². The van der Waals surface area contributed by atoms with Gasteiger partial charge in [-0.3, -0.25) is 0 Å². The van der Waals surface area contributed by atoms with Gasteiger partial charge in [0.1, 0.15) is 23.8 Å². The summed E-state index contributed by atoms with van der Waals surface area (Å²) in [6, 6.07) is 6.03. The van der Waals surface area contributed by atoms with Crippen molar-refractivity contribution in [3.8, 4) is 5.75 Å². The van der Waals surface area contributed by atoms with Crippen LogP contribution in [-0.2, 0) is 6.61 Å². The number of carboxylic acid groups (broad SMARTS) is 1. The summed E-state index contributed by atoms with van der Waals surface area (Å²) in [5.41, 5.74) is 0.760. The van der Waals surface area contributed by atoms with Gasteiger partial charge in [0.2, 0.25) is 0 Å². The van der Waals surface area contributed by atoms with Crippen molar-refractivity contribution < 1.29 is 19.2 Å². The van der Waals surface area contributed by atoms with E-state index in [9.17, 15) is 4.79 Å². The molecule has 6 heteroatoms. The van der Waals surface area contributed by atoms with E-state index in [1.54, 1.807) is 13.0 Å². The molecule has 1 N–H and O–H groups in total. The van der Waals surface area contributed by atoms with Crippen molar-refractivity contribution in [1.29, 1.82) is 0 Å². The maximum Gasteiger partial charge on any atom is 0.335 e. The van der Waals surface area contributed by atoms with Crippen molar-refractivity contribution in [3.63, 3.8) is 0 Å². The summed E-state index contributed by atoms with van der Waals surface area (Å²) in [5, 5.41) is 12.8. The van der Waals surface area contributed by atoms with Gasteiger partial charge < -0.3 is 14.4 Å². The molecule has 18 heavy (non-hydrogen) atoms. The van der Waals surface area contributed by atoms with Crippen molar-refractivity contribution in [2.75, 3.05) is 0 Å². The lowest BCUT2D eigenvalue weighted by molar-refractivity contribution is 0.0697. The Balaban J connectivity index is 2.08. The van der Waals surface area contributed by atoms with Crippen LogP contribution in [0.5, 0.6) is 5.75 Å². The Labute approximate surface area is 108 Å². The van der Waals surface area contributed by atoms with Crippen molar-refractivity contribution >= 4 is 17.6 Å². The Morgan fingerprint density at radius 3 is 2.83 bits per heavy atom. The SMILES string of the molecule is Cc1cc(COc2ccc(C(=O)O)cc2Cl)no1. The van der Waals surface area contributed by atoms with Gasteiger partial charge in [0.25, 0.3) is 0 Å². The molecule has 0 aliphatic heterocycles. The Morgan fingerprint density at radius 1 is 1.50 bits per heavy atom. The van der Waals surface area contributed by atoms with Crippen LogP contribution in [0.15, 0.2) is 28.8 Å². The van der Waals surface area contributed by atoms with Gasteiger partial charge in [-0.2, -0.15) is 0 Å². The molecule has 2 rings (SSSR count). The molecule has 0 amide bonds. The predicted octanol–water partition coefficient (Wildman–Crippen LogP) is 2.91. The number of nitrogens with zero attached hydrogens (tertiary/aromatic N) is 1. The molecule has 94 valence electrons. The van der Waals surface area contributed by atoms with Gasteiger partial charge in [-0.05, 0) is 25.1 Å². The monoisotopic (exact) mass is 267 g/mol. The first-order valence-electron chi connectivity index (χ1n) is 5.14. The number of aromatic carboxylic acids is 1. The van der Waals surface area contributed by atoms with Gasteiger partial charge in [-0.25, -0.2) is 4.79 Å². The molecule has 0 atom stereocenters. The average molecular weight is 268 g/mol. The van der Waals surface area contributed by atoms with Crippen molar-refractivity contribution in [3.05, 3.63) is 46.3 Å². The number of ether oxygens (including phenoxy) is 1. The lowest BCUT2D eigenvalue weighted by Gasteiger charge is -2.06. The van der Waals surface area contributed by atoms with E-state index in [-0.39, 0.29) is 17.2 Å². The van der Waals surface area contributed by atoms with Crippen molar-refractivity contribution in [1.82, 2.24) is 5.16 Å². The Bertz CT molecular complexity index is 579. The fourth-order valence-corrected chi connectivity index (χ4v) is 1.62. The maximum atomic E-state index is 10.7. The first kappa shape index (κ1) is 12.4. The van der Waals surface area contributed by atoms with Crippen LogP contribution in [0, 0.1) is 6.92 Å². The van der Waals surface area contributed by atoms with E-state index in [0.717, 1.165) is 0 Å². The second kappa shape index (κ2) is 5.10. The maximum absolute atomic E-state index is 10.7. The minimum absolute atomic E-state index is 0.115. The summed E-state index contributed by atoms with van der Waals surface area (Å²) in [6.07, 6.45) is 0. The molecule has 1 aromatic heterocycles. The molecule has 0 bridgehead atoms. The number of carbonyl (C=O) groups is 1. The quantitative estimate of drug-likeness (QED) is 0.922. The van der Waals surface area contributed by atoms with Gasteiger partial charge in [-0.1, -0.05) is 16.8 Å². The Hall–Kier alpha value is -2.01. The number of hydrogen-bond acceptors (Lipinski definition) is 4. The lowest BCUT2D eigenvalue weighted by Crippen LogP contribution is -1.99. The zero-order chi connectivity index (χ0) is 13.1. The molecule has 0 fully saturated rings. The van der Waals surface area contributed by atoms with Gasteiger partial charge >= 0.3 is 5.97 Å². The Morgan fingerprint density at radius 2 is 2.28 bits per heavy atom. The van der Waals surface area contributed by atoms with Crippen LogP contribution in [0.25, 0.3) is 0 Å². The highest BCUT2D eigenvalue weighted by Gasteiger charge is 2.09. The van der Waals surface area contributed by atoms with Gasteiger partial charge in [0.05, 0.1) is 10.6 Å². The van der Waals surface area contributed by atoms with Crippen LogP contribution < -0.4 is 4.74 Å². The number of aromatic nitrogens is 1. The molecule has 1 aromatic carbocycles. The highest BCUT2D eigenvalue weighted by molar-refractivity contribution is 6.32. The number of carboxylic acids is 1. The van der Waals surface area contributed by atoms with E-state index in [1.165, 1.54) is 18.2 Å². The van der Waals surface area contributed by atoms with Crippen LogP contribution >= 0.6 is 11.6 Å². The van der Waals surface area contributed by atoms with Crippen LogP contribution in [-0.4, -0.2) is 16.2 Å². The predicted molar refractivity (Wildman–Crippen MR) is 64.0 cm³/mol. The zero-order valence-corrected chi connectivity index (χ0v) is 10.3. The third-order valence-corrected chi connectivity index (χ3v) is 2.53. The first-order chi connectivity index (χ1) is 8.56. The summed E-state index contributed by atoms with van der Waals surface area (Å²) in [4.78, 5) is 10.7. The lowest BCUT2D eigenvalue weighted by atomic mass is 10.2. The minimum atomic E-state index is -1.03. The largest absolute Gasteiger partial charge is 0.486 e. The molecule has 0 saturated heterocycles. The normalized spacial score (nSPS) is 10.3.